The van der Waals surface area contributed by atoms with Gasteiger partial charge in [0.1, 0.15) is 35.4 Å². The molecule has 8 fully saturated rings. The Kier molecular flexibility index (Phi) is 23.2. The molecule has 2 unspecified atom stereocenters. The molecule has 0 bridgehead atoms. The van der Waals surface area contributed by atoms with Gasteiger partial charge in [0.15, 0.2) is 11.3 Å². The highest BCUT2D eigenvalue weighted by molar-refractivity contribution is 7.86. The molecule has 0 aliphatic carbocycles. The molecular formula is C93H100F2N18O11S. The van der Waals surface area contributed by atoms with Crippen molar-refractivity contribution in [3.05, 3.63) is 220 Å². The molecular weight excluding hydrogens is 1620 g/mol. The van der Waals surface area contributed by atoms with E-state index in [1.165, 1.54) is 48.3 Å². The molecule has 29 nitrogen and oxygen atoms in total. The van der Waals surface area contributed by atoms with Crippen molar-refractivity contribution in [2.75, 3.05) is 124 Å². The highest BCUT2D eigenvalue weighted by Gasteiger charge is 2.48. The fourth-order valence-corrected chi connectivity index (χ4v) is 21.2. The number of nitrogens with zero attached hydrogens (tertiary/aromatic N) is 15. The van der Waals surface area contributed by atoms with Gasteiger partial charge in [-0.05, 0) is 229 Å². The monoisotopic (exact) mass is 1710 g/mol. The minimum absolute atomic E-state index is 0.0132. The third kappa shape index (κ3) is 16.9. The van der Waals surface area contributed by atoms with Crippen LogP contribution < -0.4 is 35.6 Å². The molecule has 4 atom stereocenters. The van der Waals surface area contributed by atoms with Crippen LogP contribution in [-0.2, 0) is 33.5 Å². The second-order valence-electron chi connectivity index (χ2n) is 35.0. The predicted molar refractivity (Wildman–Crippen MR) is 463 cm³/mol. The number of aromatic nitrogens is 6. The number of fused-ring (bicyclic) bond motifs is 4. The first-order chi connectivity index (χ1) is 60.7. The molecule has 0 saturated carbocycles. The molecule has 8 amide bonds. The Morgan fingerprint density at radius 2 is 0.952 bits per heavy atom. The summed E-state index contributed by atoms with van der Waals surface area (Å²) in [5.41, 5.74) is 12.0. The van der Waals surface area contributed by atoms with Crippen molar-refractivity contribution in [1.82, 2.24) is 69.6 Å². The number of hydrogen-bond acceptors (Lipinski definition) is 23. The molecule has 125 heavy (non-hydrogen) atoms. The summed E-state index contributed by atoms with van der Waals surface area (Å²) < 4.78 is 62.0. The molecule has 3 N–H and O–H groups in total. The summed E-state index contributed by atoms with van der Waals surface area (Å²) in [6, 6.07) is 38.3. The minimum Gasteiger partial charge on any atom is -0.371 e. The average Bonchev–Trinajstić information content (AvgIpc) is 1.61. The molecule has 648 valence electrons. The number of carbonyl (C=O) groups excluding carboxylic acids is 8. The number of rotatable bonds is 18. The largest absolute Gasteiger partial charge is 0.371 e. The van der Waals surface area contributed by atoms with Gasteiger partial charge in [-0.1, -0.05) is 54.1 Å². The Bertz CT molecular complexity index is 5930. The topological polar surface area (TPSA) is 306 Å². The highest BCUT2D eigenvalue weighted by Crippen LogP contribution is 2.41. The summed E-state index contributed by atoms with van der Waals surface area (Å²) in [4.78, 5) is 128. The number of anilines is 4. The smallest absolute Gasteiger partial charge is 0.296 e. The zero-order chi connectivity index (χ0) is 85.9. The summed E-state index contributed by atoms with van der Waals surface area (Å²) in [7, 11) is -3.84. The molecule has 4 aromatic heterocycles. The summed E-state index contributed by atoms with van der Waals surface area (Å²) >= 11 is 0. The highest BCUT2D eigenvalue weighted by atomic mass is 32.2. The fourth-order valence-electron chi connectivity index (χ4n) is 20.3. The summed E-state index contributed by atoms with van der Waals surface area (Å²) in [5.74, 6) is -2.18. The number of halogens is 2. The lowest BCUT2D eigenvalue weighted by atomic mass is 9.94. The summed E-state index contributed by atoms with van der Waals surface area (Å²) in [6.07, 6.45) is 19.9. The van der Waals surface area contributed by atoms with E-state index in [0.29, 0.717) is 47.9 Å². The van der Waals surface area contributed by atoms with Gasteiger partial charge in [0.2, 0.25) is 23.6 Å². The fraction of sp³-hybridized carbons (Fsp3) is 0.419. The summed E-state index contributed by atoms with van der Waals surface area (Å²) in [6.45, 7) is 15.9. The molecule has 0 radical (unpaired) electrons. The van der Waals surface area contributed by atoms with Crippen LogP contribution >= 0.6 is 0 Å². The number of likely N-dealkylation sites (tertiary alicyclic amines) is 1. The van der Waals surface area contributed by atoms with Crippen LogP contribution in [0.15, 0.2) is 163 Å². The molecule has 12 aliphatic rings. The van der Waals surface area contributed by atoms with Gasteiger partial charge >= 0.3 is 0 Å². The first-order valence-corrected chi connectivity index (χ1v) is 45.3. The zero-order valence-electron chi connectivity index (χ0n) is 69.7. The van der Waals surface area contributed by atoms with Crippen molar-refractivity contribution in [1.29, 1.82) is 0 Å². The molecule has 32 heteroatoms. The number of piperidine rings is 4. The third-order valence-corrected chi connectivity index (χ3v) is 28.2. The quantitative estimate of drug-likeness (QED) is 0.0531. The molecule has 0 spiro atoms. The van der Waals surface area contributed by atoms with E-state index in [9.17, 15) is 55.6 Å². The van der Waals surface area contributed by atoms with Crippen LogP contribution in [-0.4, -0.2) is 238 Å². The number of carbonyl (C=O) groups is 8. The number of nitrogens with one attached hydrogen (secondary N) is 3. The number of amides is 8. The van der Waals surface area contributed by atoms with Gasteiger partial charge in [-0.25, -0.2) is 27.8 Å². The van der Waals surface area contributed by atoms with E-state index in [0.717, 1.165) is 203 Å². The molecule has 5 aromatic carbocycles. The van der Waals surface area contributed by atoms with Crippen molar-refractivity contribution < 1.29 is 59.7 Å². The van der Waals surface area contributed by atoms with Gasteiger partial charge in [-0.15, -0.1) is 10.2 Å². The van der Waals surface area contributed by atoms with Gasteiger partial charge in [0.05, 0.1) is 69.6 Å². The minimum atomic E-state index is -3.84. The van der Waals surface area contributed by atoms with Crippen LogP contribution in [0.2, 0.25) is 0 Å². The normalized spacial score (nSPS) is 22.7. The second-order valence-corrected chi connectivity index (χ2v) is 36.6. The van der Waals surface area contributed by atoms with Crippen LogP contribution in [0.3, 0.4) is 0 Å². The maximum Gasteiger partial charge on any atom is 0.296 e. The molecule has 16 heterocycles. The van der Waals surface area contributed by atoms with E-state index in [2.05, 4.69) is 74.6 Å². The lowest BCUT2D eigenvalue weighted by molar-refractivity contribution is -0.137. The lowest BCUT2D eigenvalue weighted by Gasteiger charge is -2.45. The Hall–Kier alpha value is -11.8. The van der Waals surface area contributed by atoms with Crippen LogP contribution in [0, 0.1) is 30.4 Å². The molecule has 8 saturated heterocycles. The van der Waals surface area contributed by atoms with Crippen LogP contribution in [0.4, 0.5) is 31.8 Å². The van der Waals surface area contributed by atoms with E-state index >= 15 is 0 Å². The van der Waals surface area contributed by atoms with Crippen molar-refractivity contribution >= 4 is 103 Å². The van der Waals surface area contributed by atoms with E-state index in [1.807, 2.05) is 63.6 Å². The maximum absolute atomic E-state index is 14.1. The van der Waals surface area contributed by atoms with Crippen LogP contribution in [0.5, 0.6) is 0 Å². The summed E-state index contributed by atoms with van der Waals surface area (Å²) in [5, 5.41) is 18.1. The predicted octanol–water partition coefficient (Wildman–Crippen LogP) is 9.59. The van der Waals surface area contributed by atoms with Gasteiger partial charge in [0.25, 0.3) is 33.7 Å². The Balaban J connectivity index is 0.000000130. The number of aryl methyl sites for hydroxylation is 1. The van der Waals surface area contributed by atoms with Crippen molar-refractivity contribution in [3.63, 3.8) is 0 Å². The van der Waals surface area contributed by atoms with E-state index in [1.54, 1.807) is 66.7 Å². The van der Waals surface area contributed by atoms with Crippen molar-refractivity contribution in [2.24, 2.45) is 11.8 Å². The molecule has 21 rings (SSSR count). The first kappa shape index (κ1) is 82.8. The second kappa shape index (κ2) is 35.0. The lowest BCUT2D eigenvalue weighted by Crippen LogP contribution is -2.54. The Morgan fingerprint density at radius 3 is 1.43 bits per heavy atom. The average molecular weight is 1720 g/mol. The van der Waals surface area contributed by atoms with Crippen LogP contribution in [0.1, 0.15) is 171 Å². The van der Waals surface area contributed by atoms with Crippen molar-refractivity contribution in [3.8, 4) is 0 Å². The third-order valence-electron chi connectivity index (χ3n) is 27.0. The molecule has 9 aromatic rings. The number of benzene rings is 5. The van der Waals surface area contributed by atoms with Gasteiger partial charge in [-0.3, -0.25) is 72.8 Å². The number of imide groups is 4. The van der Waals surface area contributed by atoms with Gasteiger partial charge < -0.3 is 29.8 Å². The van der Waals surface area contributed by atoms with Crippen molar-refractivity contribution in [2.45, 2.75) is 138 Å². The molecule has 12 aliphatic heterocycles. The van der Waals surface area contributed by atoms with Gasteiger partial charge in [-0.2, -0.15) is 8.42 Å². The van der Waals surface area contributed by atoms with E-state index < -0.39 is 63.6 Å². The first-order valence-electron chi connectivity index (χ1n) is 43.9. The zero-order valence-corrected chi connectivity index (χ0v) is 70.5. The maximum atomic E-state index is 14.1. The Labute approximate surface area is 722 Å². The van der Waals surface area contributed by atoms with E-state index in [4.69, 9.17) is 19.4 Å². The van der Waals surface area contributed by atoms with Gasteiger partial charge in [0, 0.05) is 120 Å². The SMILES string of the molecule is Cc1ccc(S(=O)(=O)OCC2CN(c3ccc4c(c3)C(=O)N(C3CCC(=O)NC3=O)C4=O)C2)cc1.Fc1cccc([C@H]2CCCN2c2ccc3ncc(C4=CCCN(C5CCNCC5)C4)n3n2)c1.O=C1CCC(N2C(=O)c3ccc(N4CC(CN5CCC(N6CCC=C(c7cnc8ccc(N9CCC[C@@H]9c9cccc(F)c9)nn78)C6)CC5)C4)cc3C2=O)C(=O)N1. The number of hydrogen-bond donors (Lipinski definition) is 3. The van der Waals surface area contributed by atoms with E-state index in [-0.39, 0.29) is 83.9 Å². The Morgan fingerprint density at radius 1 is 0.480 bits per heavy atom. The van der Waals surface area contributed by atoms with Crippen LogP contribution in [0.25, 0.3) is 22.4 Å². The number of imidazole rings is 2. The standard InChI is InChI=1S/C43H46FN9O4.C26H31FN6.C24H23N3O7S/c44-30-6-1-4-28(20-30)35-7-3-17-51(35)39-12-11-38-45-22-37(53(38)47-39)29-5-2-16-49(26-29)31-14-18-48(19-15-31)23-27-24-50(25-27)32-8-9-33-34(21-32)43(57)52(42(33)56)36-10-13-40(54)46-41(36)55;27-21-6-1-4-19(16-21)23-7-3-15-32(23)26-9-8-25-29-17-24(33(25)30-26)20-5-2-14-31(18-20)22-10-12-28-13-11-22;1-14-2-5-17(6-3-14)35(32,33)34-13-15-11-26(12-15)16-4-7-18-19(10-16)24(31)27(23(18)30)20-8-9-21(28)25-22(20)29/h1,4-6,8-9,11-12,20-22,27,31,35-36H,2-3,7,10,13-19,23-26H2,(H,46,54,55);1,4-6,8-9,16-17,22-23,28H,2-3,7,10-15,18H2;2-7,10,15,20H,8-9,11-13H2,1H3,(H,25,28,29)/t35-,36?;23-;/m11./s1.